The first kappa shape index (κ1) is 6.26. The summed E-state index contributed by atoms with van der Waals surface area (Å²) >= 11 is 0. The number of aliphatic carboxylic acids is 1. The lowest BCUT2D eigenvalue weighted by molar-refractivity contribution is -0.141. The number of hydrogen-bond donors (Lipinski definition) is 1. The normalized spacial score (nSPS) is 26.0. The van der Waals surface area contributed by atoms with E-state index in [0.29, 0.717) is 6.54 Å². The van der Waals surface area contributed by atoms with Crippen molar-refractivity contribution in [2.24, 2.45) is 10.9 Å². The average molecular weight is 127 g/mol. The molecule has 1 atom stereocenters. The smallest absolute Gasteiger partial charge is 0.308 e. The molecule has 0 spiro atoms. The van der Waals surface area contributed by atoms with Crippen molar-refractivity contribution in [1.82, 2.24) is 0 Å². The summed E-state index contributed by atoms with van der Waals surface area (Å²) in [5, 5.41) is 8.46. The lowest BCUT2D eigenvalue weighted by Crippen LogP contribution is -2.19. The van der Waals surface area contributed by atoms with Crippen LogP contribution in [0, 0.1) is 5.92 Å². The number of carboxylic acid groups (broad SMARTS) is 1. The number of rotatable bonds is 1. The molecule has 1 aliphatic heterocycles. The Balaban J connectivity index is 2.44. The van der Waals surface area contributed by atoms with Crippen LogP contribution in [0.3, 0.4) is 0 Å². The molecule has 0 bridgehead atoms. The lowest BCUT2D eigenvalue weighted by atomic mass is 10.0. The highest BCUT2D eigenvalue weighted by Crippen LogP contribution is 2.09. The van der Waals surface area contributed by atoms with Gasteiger partial charge >= 0.3 is 5.97 Å². The predicted octanol–water partition coefficient (Wildman–Crippen LogP) is 0.552. The Kier molecular flexibility index (Phi) is 1.82. The Hall–Kier alpha value is -0.860. The van der Waals surface area contributed by atoms with E-state index in [1.165, 1.54) is 0 Å². The second kappa shape index (κ2) is 2.62. The van der Waals surface area contributed by atoms with Gasteiger partial charge in [-0.25, -0.2) is 0 Å². The molecule has 0 aliphatic carbocycles. The van der Waals surface area contributed by atoms with E-state index in [9.17, 15) is 4.79 Å². The molecule has 0 saturated carbocycles. The molecule has 1 aliphatic rings. The summed E-state index contributed by atoms with van der Waals surface area (Å²) in [5.41, 5.74) is 0. The van der Waals surface area contributed by atoms with Gasteiger partial charge in [-0.15, -0.1) is 0 Å². The van der Waals surface area contributed by atoms with Crippen LogP contribution in [0.25, 0.3) is 0 Å². The van der Waals surface area contributed by atoms with E-state index in [0.717, 1.165) is 12.8 Å². The molecular formula is C6H9NO2. The summed E-state index contributed by atoms with van der Waals surface area (Å²) in [6.45, 7) is 0.468. The van der Waals surface area contributed by atoms with E-state index in [2.05, 4.69) is 4.99 Å². The minimum Gasteiger partial charge on any atom is -0.481 e. The van der Waals surface area contributed by atoms with Gasteiger partial charge in [-0.05, 0) is 19.1 Å². The largest absolute Gasteiger partial charge is 0.481 e. The molecule has 0 fully saturated rings. The van der Waals surface area contributed by atoms with E-state index in [1.807, 2.05) is 0 Å². The lowest BCUT2D eigenvalue weighted by Gasteiger charge is -2.10. The van der Waals surface area contributed by atoms with Crippen molar-refractivity contribution >= 4 is 12.2 Å². The average Bonchev–Trinajstić information content (AvgIpc) is 1.90. The number of hydrogen-bond acceptors (Lipinski definition) is 2. The molecule has 0 aromatic carbocycles. The maximum atomic E-state index is 10.3. The second-order valence-corrected chi connectivity index (χ2v) is 2.16. The molecule has 3 nitrogen and oxygen atoms in total. The van der Waals surface area contributed by atoms with Gasteiger partial charge in [0.2, 0.25) is 0 Å². The van der Waals surface area contributed by atoms with Crippen molar-refractivity contribution < 1.29 is 9.90 Å². The van der Waals surface area contributed by atoms with Crippen LogP contribution in [0.2, 0.25) is 0 Å². The zero-order valence-corrected chi connectivity index (χ0v) is 5.08. The van der Waals surface area contributed by atoms with Gasteiger partial charge in [-0.1, -0.05) is 0 Å². The molecule has 9 heavy (non-hydrogen) atoms. The molecule has 0 saturated heterocycles. The zero-order valence-electron chi connectivity index (χ0n) is 5.08. The van der Waals surface area contributed by atoms with Crippen molar-refractivity contribution in [2.75, 3.05) is 6.54 Å². The minimum absolute atomic E-state index is 0.227. The first-order chi connectivity index (χ1) is 4.30. The molecule has 1 unspecified atom stereocenters. The third kappa shape index (κ3) is 1.52. The Labute approximate surface area is 53.4 Å². The van der Waals surface area contributed by atoms with E-state index in [1.54, 1.807) is 6.21 Å². The molecular weight excluding hydrogens is 118 g/mol. The standard InChI is InChI=1S/C6H9NO2/c8-6(9)5-2-1-3-7-4-5/h3,5H,1-2,4H2,(H,8,9). The van der Waals surface area contributed by atoms with Gasteiger partial charge in [0.25, 0.3) is 0 Å². The molecule has 0 radical (unpaired) electrons. The Bertz CT molecular complexity index is 142. The van der Waals surface area contributed by atoms with Crippen LogP contribution < -0.4 is 0 Å². The minimum atomic E-state index is -0.716. The Morgan fingerprint density at radius 2 is 2.56 bits per heavy atom. The molecule has 0 amide bonds. The molecule has 1 N–H and O–H groups in total. The maximum Gasteiger partial charge on any atom is 0.308 e. The van der Waals surface area contributed by atoms with Gasteiger partial charge < -0.3 is 5.11 Å². The summed E-state index contributed by atoms with van der Waals surface area (Å²) in [5.74, 6) is -0.943. The first-order valence-electron chi connectivity index (χ1n) is 3.02. The summed E-state index contributed by atoms with van der Waals surface area (Å²) in [7, 11) is 0. The van der Waals surface area contributed by atoms with Crippen molar-refractivity contribution in [3.05, 3.63) is 0 Å². The monoisotopic (exact) mass is 127 g/mol. The van der Waals surface area contributed by atoms with E-state index in [4.69, 9.17) is 5.11 Å². The highest BCUT2D eigenvalue weighted by atomic mass is 16.4. The van der Waals surface area contributed by atoms with Crippen molar-refractivity contribution in [1.29, 1.82) is 0 Å². The summed E-state index contributed by atoms with van der Waals surface area (Å²) in [6, 6.07) is 0. The molecule has 0 aromatic heterocycles. The molecule has 3 heteroatoms. The van der Waals surface area contributed by atoms with Gasteiger partial charge in [0.05, 0.1) is 12.5 Å². The topological polar surface area (TPSA) is 49.7 Å². The summed E-state index contributed by atoms with van der Waals surface area (Å²) in [6.07, 6.45) is 3.36. The van der Waals surface area contributed by atoms with Crippen LogP contribution in [0.1, 0.15) is 12.8 Å². The van der Waals surface area contributed by atoms with Crippen molar-refractivity contribution in [3.63, 3.8) is 0 Å². The molecule has 0 aromatic rings. The Morgan fingerprint density at radius 3 is 2.89 bits per heavy atom. The third-order valence-electron chi connectivity index (χ3n) is 1.45. The fourth-order valence-corrected chi connectivity index (χ4v) is 0.862. The van der Waals surface area contributed by atoms with Crippen LogP contribution >= 0.6 is 0 Å². The van der Waals surface area contributed by atoms with E-state index >= 15 is 0 Å². The summed E-state index contributed by atoms with van der Waals surface area (Å²) in [4.78, 5) is 14.2. The van der Waals surface area contributed by atoms with Gasteiger partial charge in [-0.2, -0.15) is 0 Å². The van der Waals surface area contributed by atoms with Crippen molar-refractivity contribution in [3.8, 4) is 0 Å². The second-order valence-electron chi connectivity index (χ2n) is 2.16. The van der Waals surface area contributed by atoms with Crippen LogP contribution in [0.15, 0.2) is 4.99 Å². The highest BCUT2D eigenvalue weighted by molar-refractivity contribution is 5.72. The molecule has 1 heterocycles. The SMILES string of the molecule is O=C(O)C1CCC=NC1. The number of aliphatic imine (C=N–C) groups is 1. The molecule has 1 rings (SSSR count). The van der Waals surface area contributed by atoms with Crippen LogP contribution in [0.4, 0.5) is 0 Å². The third-order valence-corrected chi connectivity index (χ3v) is 1.45. The maximum absolute atomic E-state index is 10.3. The number of carbonyl (C=O) groups is 1. The zero-order chi connectivity index (χ0) is 6.69. The van der Waals surface area contributed by atoms with E-state index in [-0.39, 0.29) is 5.92 Å². The predicted molar refractivity (Wildman–Crippen MR) is 33.7 cm³/mol. The quantitative estimate of drug-likeness (QED) is 0.559. The Morgan fingerprint density at radius 1 is 1.78 bits per heavy atom. The van der Waals surface area contributed by atoms with Crippen LogP contribution in [-0.2, 0) is 4.79 Å². The van der Waals surface area contributed by atoms with Crippen LogP contribution in [0.5, 0.6) is 0 Å². The fourth-order valence-electron chi connectivity index (χ4n) is 0.862. The number of carboxylic acids is 1. The van der Waals surface area contributed by atoms with E-state index < -0.39 is 5.97 Å². The first-order valence-corrected chi connectivity index (χ1v) is 3.02. The fraction of sp³-hybridized carbons (Fsp3) is 0.667. The van der Waals surface area contributed by atoms with Crippen molar-refractivity contribution in [2.45, 2.75) is 12.8 Å². The number of nitrogens with zero attached hydrogens (tertiary/aromatic N) is 1. The highest BCUT2D eigenvalue weighted by Gasteiger charge is 2.17. The van der Waals surface area contributed by atoms with Gasteiger partial charge in [-0.3, -0.25) is 9.79 Å². The molecule has 50 valence electrons. The van der Waals surface area contributed by atoms with Gasteiger partial charge in [0, 0.05) is 0 Å². The van der Waals surface area contributed by atoms with Crippen LogP contribution in [-0.4, -0.2) is 23.8 Å². The van der Waals surface area contributed by atoms with Gasteiger partial charge in [0.15, 0.2) is 0 Å². The summed E-state index contributed by atoms with van der Waals surface area (Å²) < 4.78 is 0. The van der Waals surface area contributed by atoms with Gasteiger partial charge in [0.1, 0.15) is 0 Å².